The molecule has 1 aliphatic rings. The number of carbonyl (C=O) groups excluding carboxylic acids is 2. The maximum Gasteiger partial charge on any atom is 0.262 e. The first-order valence-corrected chi connectivity index (χ1v) is 7.23. The lowest BCUT2D eigenvalue weighted by atomic mass is 10.0. The highest BCUT2D eigenvalue weighted by Gasteiger charge is 2.39. The van der Waals surface area contributed by atoms with E-state index in [0.717, 1.165) is 5.56 Å². The predicted molar refractivity (Wildman–Crippen MR) is 81.4 cm³/mol. The van der Waals surface area contributed by atoms with Crippen LogP contribution in [0.2, 0.25) is 5.02 Å². The molecule has 1 atom stereocenters. The number of hydrogen-bond donors (Lipinski definition) is 0. The molecule has 0 spiro atoms. The fraction of sp³-hybridized carbons (Fsp3) is 0.176. The molecule has 0 aliphatic carbocycles. The highest BCUT2D eigenvalue weighted by molar-refractivity contribution is 6.30. The lowest BCUT2D eigenvalue weighted by Crippen LogP contribution is -2.33. The molecule has 2 amide bonds. The average Bonchev–Trinajstić information content (AvgIpc) is 2.74. The van der Waals surface area contributed by atoms with Gasteiger partial charge >= 0.3 is 0 Å². The van der Waals surface area contributed by atoms with Gasteiger partial charge in [0.05, 0.1) is 17.2 Å². The second-order valence-electron chi connectivity index (χ2n) is 5.00. The number of imide groups is 1. The average molecular weight is 300 g/mol. The molecule has 1 aliphatic heterocycles. The summed E-state index contributed by atoms with van der Waals surface area (Å²) < 4.78 is 0. The SMILES string of the molecule is CCC(c1cccc(Cl)c1)N1C(=O)c2ccccc2C1=O. The van der Waals surface area contributed by atoms with Crippen molar-refractivity contribution >= 4 is 23.4 Å². The first kappa shape index (κ1) is 13.8. The third kappa shape index (κ3) is 2.24. The van der Waals surface area contributed by atoms with Gasteiger partial charge in [-0.2, -0.15) is 0 Å². The fourth-order valence-corrected chi connectivity index (χ4v) is 2.97. The van der Waals surface area contributed by atoms with E-state index in [4.69, 9.17) is 11.6 Å². The Morgan fingerprint density at radius 2 is 1.62 bits per heavy atom. The van der Waals surface area contributed by atoms with Gasteiger partial charge in [0.2, 0.25) is 0 Å². The molecule has 2 aromatic carbocycles. The Balaban J connectivity index is 2.04. The van der Waals surface area contributed by atoms with Crippen LogP contribution in [0.5, 0.6) is 0 Å². The maximum atomic E-state index is 12.5. The zero-order valence-electron chi connectivity index (χ0n) is 11.5. The van der Waals surface area contributed by atoms with Crippen molar-refractivity contribution in [2.75, 3.05) is 0 Å². The fourth-order valence-electron chi connectivity index (χ4n) is 2.77. The summed E-state index contributed by atoms with van der Waals surface area (Å²) in [6.07, 6.45) is 0.645. The number of nitrogens with zero attached hydrogens (tertiary/aromatic N) is 1. The molecule has 0 saturated heterocycles. The molecule has 0 N–H and O–H groups in total. The van der Waals surface area contributed by atoms with Crippen LogP contribution in [-0.2, 0) is 0 Å². The molecule has 21 heavy (non-hydrogen) atoms. The molecule has 3 rings (SSSR count). The monoisotopic (exact) mass is 299 g/mol. The molecule has 2 aromatic rings. The number of amides is 2. The van der Waals surface area contributed by atoms with E-state index in [9.17, 15) is 9.59 Å². The Kier molecular flexibility index (Phi) is 3.52. The second kappa shape index (κ2) is 5.34. The van der Waals surface area contributed by atoms with E-state index in [1.54, 1.807) is 36.4 Å². The van der Waals surface area contributed by atoms with Crippen LogP contribution in [0.1, 0.15) is 45.7 Å². The molecule has 1 heterocycles. The number of benzene rings is 2. The summed E-state index contributed by atoms with van der Waals surface area (Å²) in [4.78, 5) is 26.4. The molecule has 1 unspecified atom stereocenters. The molecule has 106 valence electrons. The maximum absolute atomic E-state index is 12.5. The zero-order chi connectivity index (χ0) is 15.0. The number of rotatable bonds is 3. The van der Waals surface area contributed by atoms with Crippen LogP contribution in [0, 0.1) is 0 Å². The molecular formula is C17H14ClNO2. The Bertz CT molecular complexity index is 691. The van der Waals surface area contributed by atoms with E-state index in [-0.39, 0.29) is 17.9 Å². The quantitative estimate of drug-likeness (QED) is 0.801. The van der Waals surface area contributed by atoms with Gasteiger partial charge in [-0.25, -0.2) is 0 Å². The van der Waals surface area contributed by atoms with Crippen LogP contribution in [0.25, 0.3) is 0 Å². The van der Waals surface area contributed by atoms with E-state index >= 15 is 0 Å². The number of halogens is 1. The van der Waals surface area contributed by atoms with Crippen LogP contribution in [0.15, 0.2) is 48.5 Å². The van der Waals surface area contributed by atoms with Crippen LogP contribution in [-0.4, -0.2) is 16.7 Å². The molecule has 0 bridgehead atoms. The molecule has 0 fully saturated rings. The lowest BCUT2D eigenvalue weighted by molar-refractivity contribution is 0.0578. The summed E-state index contributed by atoms with van der Waals surface area (Å²) in [6.45, 7) is 1.95. The van der Waals surface area contributed by atoms with Gasteiger partial charge in [0.1, 0.15) is 0 Å². The number of carbonyl (C=O) groups is 2. The Labute approximate surface area is 128 Å². The molecule has 3 nitrogen and oxygen atoms in total. The summed E-state index contributed by atoms with van der Waals surface area (Å²) in [7, 11) is 0. The van der Waals surface area contributed by atoms with Gasteiger partial charge in [0.25, 0.3) is 11.8 Å². The van der Waals surface area contributed by atoms with Crippen molar-refractivity contribution in [3.63, 3.8) is 0 Å². The zero-order valence-corrected chi connectivity index (χ0v) is 12.3. The van der Waals surface area contributed by atoms with Gasteiger partial charge in [-0.05, 0) is 36.2 Å². The summed E-state index contributed by atoms with van der Waals surface area (Å²) in [5.41, 5.74) is 1.82. The third-order valence-electron chi connectivity index (χ3n) is 3.76. The largest absolute Gasteiger partial charge is 0.269 e. The highest BCUT2D eigenvalue weighted by atomic mass is 35.5. The van der Waals surface area contributed by atoms with Crippen LogP contribution < -0.4 is 0 Å². The number of fused-ring (bicyclic) bond motifs is 1. The van der Waals surface area contributed by atoms with Crippen molar-refractivity contribution in [3.05, 3.63) is 70.2 Å². The van der Waals surface area contributed by atoms with Gasteiger partial charge in [-0.15, -0.1) is 0 Å². The van der Waals surface area contributed by atoms with Crippen LogP contribution in [0.4, 0.5) is 0 Å². The molecule has 4 heteroatoms. The standard InChI is InChI=1S/C17H14ClNO2/c1-2-15(11-6-5-7-12(18)10-11)19-16(20)13-8-3-4-9-14(13)17(19)21/h3-10,15H,2H2,1H3. The van der Waals surface area contributed by atoms with Crippen molar-refractivity contribution in [2.24, 2.45) is 0 Å². The van der Waals surface area contributed by atoms with Crippen LogP contribution >= 0.6 is 11.6 Å². The summed E-state index contributed by atoms with van der Waals surface area (Å²) in [5.74, 6) is -0.468. The molecule has 0 radical (unpaired) electrons. The second-order valence-corrected chi connectivity index (χ2v) is 5.44. The molecular weight excluding hydrogens is 286 g/mol. The van der Waals surface area contributed by atoms with Gasteiger partial charge in [0, 0.05) is 5.02 Å². The van der Waals surface area contributed by atoms with E-state index in [1.165, 1.54) is 4.90 Å². The lowest BCUT2D eigenvalue weighted by Gasteiger charge is -2.25. The molecule has 0 saturated carbocycles. The number of hydrogen-bond acceptors (Lipinski definition) is 2. The van der Waals surface area contributed by atoms with E-state index in [2.05, 4.69) is 0 Å². The van der Waals surface area contributed by atoms with Crippen molar-refractivity contribution in [3.8, 4) is 0 Å². The van der Waals surface area contributed by atoms with E-state index < -0.39 is 0 Å². The predicted octanol–water partition coefficient (Wildman–Crippen LogP) is 4.09. The topological polar surface area (TPSA) is 37.4 Å². The van der Waals surface area contributed by atoms with E-state index in [1.807, 2.05) is 19.1 Å². The van der Waals surface area contributed by atoms with E-state index in [0.29, 0.717) is 22.6 Å². The Morgan fingerprint density at radius 3 is 2.14 bits per heavy atom. The summed E-state index contributed by atoms with van der Waals surface area (Å²) in [6, 6.07) is 13.9. The molecule has 0 aromatic heterocycles. The van der Waals surface area contributed by atoms with Gasteiger partial charge in [0.15, 0.2) is 0 Å². The smallest absolute Gasteiger partial charge is 0.262 e. The minimum Gasteiger partial charge on any atom is -0.269 e. The van der Waals surface area contributed by atoms with Crippen LogP contribution in [0.3, 0.4) is 0 Å². The van der Waals surface area contributed by atoms with Crippen molar-refractivity contribution in [1.29, 1.82) is 0 Å². The first-order chi connectivity index (χ1) is 10.1. The first-order valence-electron chi connectivity index (χ1n) is 6.86. The van der Waals surface area contributed by atoms with Gasteiger partial charge in [-0.3, -0.25) is 14.5 Å². The van der Waals surface area contributed by atoms with Crippen molar-refractivity contribution in [1.82, 2.24) is 4.90 Å². The van der Waals surface area contributed by atoms with Gasteiger partial charge in [-0.1, -0.05) is 42.8 Å². The summed E-state index contributed by atoms with van der Waals surface area (Å²) in [5, 5.41) is 0.600. The van der Waals surface area contributed by atoms with Gasteiger partial charge < -0.3 is 0 Å². The van der Waals surface area contributed by atoms with Crippen molar-refractivity contribution in [2.45, 2.75) is 19.4 Å². The normalized spacial score (nSPS) is 15.2. The third-order valence-corrected chi connectivity index (χ3v) is 3.99. The highest BCUT2D eigenvalue weighted by Crippen LogP contribution is 2.33. The minimum absolute atomic E-state index is 0.234. The Hall–Kier alpha value is -2.13. The van der Waals surface area contributed by atoms with Crippen molar-refractivity contribution < 1.29 is 9.59 Å². The Morgan fingerprint density at radius 1 is 1.00 bits per heavy atom. The minimum atomic E-state index is -0.295. The summed E-state index contributed by atoms with van der Waals surface area (Å²) >= 11 is 6.03.